The Morgan fingerprint density at radius 3 is 2.00 bits per heavy atom. The minimum absolute atomic E-state index is 0.376. The largest absolute Gasteiger partial charge is 0.497 e. The van der Waals surface area contributed by atoms with Gasteiger partial charge in [0, 0.05) is 26.9 Å². The molecule has 0 unspecified atom stereocenters. The zero-order valence-corrected chi connectivity index (χ0v) is 9.13. The molecular weight excluding hydrogens is 172 g/mol. The highest BCUT2D eigenvalue weighted by Crippen LogP contribution is 2.24. The number of rotatable bonds is 4. The second-order valence-electron chi connectivity index (χ2n) is 3.29. The van der Waals surface area contributed by atoms with E-state index in [0.717, 1.165) is 12.8 Å². The van der Waals surface area contributed by atoms with Gasteiger partial charge < -0.3 is 13.3 Å². The smallest absolute Gasteiger partial charge is 0.377 e. The van der Waals surface area contributed by atoms with Gasteiger partial charge in [-0.15, -0.1) is 0 Å². The van der Waals surface area contributed by atoms with Gasteiger partial charge >= 0.3 is 8.80 Å². The maximum Gasteiger partial charge on any atom is 0.497 e. The summed E-state index contributed by atoms with van der Waals surface area (Å²) in [5.41, 5.74) is 0. The molecule has 3 nitrogen and oxygen atoms in total. The summed E-state index contributed by atoms with van der Waals surface area (Å²) in [5.74, 6) is 0. The van der Waals surface area contributed by atoms with Crippen molar-refractivity contribution >= 4 is 8.80 Å². The minimum Gasteiger partial charge on any atom is -0.377 e. The van der Waals surface area contributed by atoms with Crippen LogP contribution in [0.4, 0.5) is 0 Å². The Morgan fingerprint density at radius 2 is 1.58 bits per heavy atom. The van der Waals surface area contributed by atoms with Gasteiger partial charge in [0.1, 0.15) is 0 Å². The van der Waals surface area contributed by atoms with E-state index in [1.165, 1.54) is 12.8 Å². The first kappa shape index (κ1) is 10.2. The summed E-state index contributed by atoms with van der Waals surface area (Å²) < 4.78 is 16.3. The molecule has 1 fully saturated rings. The standard InChI is InChI=1S/C8H18O3Si/c1-9-12(3,10-2)11-8-6-4-5-7-8/h8H,4-7H2,1-3H3. The van der Waals surface area contributed by atoms with Gasteiger partial charge in [0.15, 0.2) is 0 Å². The lowest BCUT2D eigenvalue weighted by molar-refractivity contribution is 0.0641. The van der Waals surface area contributed by atoms with E-state index >= 15 is 0 Å². The van der Waals surface area contributed by atoms with Crippen LogP contribution in [-0.2, 0) is 13.3 Å². The fourth-order valence-corrected chi connectivity index (χ4v) is 2.69. The predicted octanol–water partition coefficient (Wildman–Crippen LogP) is 1.81. The van der Waals surface area contributed by atoms with Crippen LogP contribution in [0.2, 0.25) is 6.55 Å². The van der Waals surface area contributed by atoms with Gasteiger partial charge in [-0.1, -0.05) is 12.8 Å². The number of hydrogen-bond donors (Lipinski definition) is 0. The zero-order chi connectivity index (χ0) is 9.03. The molecule has 1 rings (SSSR count). The molecule has 0 aromatic rings. The molecule has 0 aromatic heterocycles. The van der Waals surface area contributed by atoms with Crippen LogP contribution in [0, 0.1) is 0 Å². The van der Waals surface area contributed by atoms with Crippen molar-refractivity contribution in [1.29, 1.82) is 0 Å². The molecule has 0 aromatic carbocycles. The molecule has 0 bridgehead atoms. The monoisotopic (exact) mass is 190 g/mol. The molecule has 1 aliphatic rings. The summed E-state index contributed by atoms with van der Waals surface area (Å²) in [4.78, 5) is 0. The van der Waals surface area contributed by atoms with E-state index < -0.39 is 8.80 Å². The van der Waals surface area contributed by atoms with Crippen LogP contribution in [-0.4, -0.2) is 29.1 Å². The van der Waals surface area contributed by atoms with Gasteiger partial charge in [-0.25, -0.2) is 0 Å². The fraction of sp³-hybridized carbons (Fsp3) is 1.00. The highest BCUT2D eigenvalue weighted by Gasteiger charge is 2.35. The maximum atomic E-state index is 5.79. The molecule has 0 spiro atoms. The first-order valence-electron chi connectivity index (χ1n) is 4.48. The Hall–Kier alpha value is 0.0969. The molecule has 1 saturated carbocycles. The summed E-state index contributed by atoms with van der Waals surface area (Å²) in [5, 5.41) is 0. The second-order valence-corrected chi connectivity index (χ2v) is 6.07. The molecule has 0 radical (unpaired) electrons. The lowest BCUT2D eigenvalue weighted by atomic mass is 10.3. The first-order valence-corrected chi connectivity index (χ1v) is 6.71. The van der Waals surface area contributed by atoms with Gasteiger partial charge in [0.2, 0.25) is 0 Å². The van der Waals surface area contributed by atoms with Crippen molar-refractivity contribution in [2.45, 2.75) is 38.3 Å². The van der Waals surface area contributed by atoms with Crippen molar-refractivity contribution in [1.82, 2.24) is 0 Å². The zero-order valence-electron chi connectivity index (χ0n) is 8.13. The second kappa shape index (κ2) is 4.37. The van der Waals surface area contributed by atoms with E-state index in [1.54, 1.807) is 14.2 Å². The lowest BCUT2D eigenvalue weighted by Gasteiger charge is -2.25. The molecule has 72 valence electrons. The van der Waals surface area contributed by atoms with Crippen LogP contribution in [0.5, 0.6) is 0 Å². The van der Waals surface area contributed by atoms with Gasteiger partial charge in [0.05, 0.1) is 0 Å². The first-order chi connectivity index (χ1) is 5.70. The van der Waals surface area contributed by atoms with E-state index in [1.807, 2.05) is 6.55 Å². The summed E-state index contributed by atoms with van der Waals surface area (Å²) in [6.45, 7) is 1.94. The molecule has 0 atom stereocenters. The Morgan fingerprint density at radius 1 is 1.08 bits per heavy atom. The Labute approximate surface area is 75.4 Å². The highest BCUT2D eigenvalue weighted by atomic mass is 28.4. The SMILES string of the molecule is CO[Si](C)(OC)OC1CCCC1. The third-order valence-electron chi connectivity index (χ3n) is 2.42. The van der Waals surface area contributed by atoms with Crippen molar-refractivity contribution in [3.8, 4) is 0 Å². The van der Waals surface area contributed by atoms with Crippen molar-refractivity contribution in [2.24, 2.45) is 0 Å². The van der Waals surface area contributed by atoms with E-state index in [4.69, 9.17) is 13.3 Å². The quantitative estimate of drug-likeness (QED) is 0.633. The van der Waals surface area contributed by atoms with Crippen LogP contribution < -0.4 is 0 Å². The molecule has 12 heavy (non-hydrogen) atoms. The topological polar surface area (TPSA) is 27.7 Å². The summed E-state index contributed by atoms with van der Waals surface area (Å²) in [6, 6.07) is 0. The van der Waals surface area contributed by atoms with Crippen LogP contribution in [0.1, 0.15) is 25.7 Å². The van der Waals surface area contributed by atoms with Gasteiger partial charge in [0.25, 0.3) is 0 Å². The highest BCUT2D eigenvalue weighted by molar-refractivity contribution is 6.59. The van der Waals surface area contributed by atoms with Crippen molar-refractivity contribution in [3.63, 3.8) is 0 Å². The van der Waals surface area contributed by atoms with Crippen LogP contribution in [0.25, 0.3) is 0 Å². The fourth-order valence-electron chi connectivity index (χ4n) is 1.49. The van der Waals surface area contributed by atoms with Crippen LogP contribution in [0.3, 0.4) is 0 Å². The van der Waals surface area contributed by atoms with Gasteiger partial charge in [-0.05, 0) is 12.8 Å². The minimum atomic E-state index is -2.26. The Bertz CT molecular complexity index is 130. The molecule has 0 heterocycles. The van der Waals surface area contributed by atoms with Crippen molar-refractivity contribution in [2.75, 3.05) is 14.2 Å². The van der Waals surface area contributed by atoms with E-state index in [-0.39, 0.29) is 0 Å². The molecule has 0 aliphatic heterocycles. The molecular formula is C8H18O3Si. The van der Waals surface area contributed by atoms with Gasteiger partial charge in [-0.3, -0.25) is 0 Å². The number of hydrogen-bond acceptors (Lipinski definition) is 3. The molecule has 0 saturated heterocycles. The van der Waals surface area contributed by atoms with Crippen molar-refractivity contribution in [3.05, 3.63) is 0 Å². The predicted molar refractivity (Wildman–Crippen MR) is 49.0 cm³/mol. The summed E-state index contributed by atoms with van der Waals surface area (Å²) in [6.07, 6.45) is 5.26. The summed E-state index contributed by atoms with van der Waals surface area (Å²) in [7, 11) is 1.05. The lowest BCUT2D eigenvalue weighted by Crippen LogP contribution is -2.43. The van der Waals surface area contributed by atoms with Crippen LogP contribution in [0.15, 0.2) is 0 Å². The molecule has 0 amide bonds. The average molecular weight is 190 g/mol. The Kier molecular flexibility index (Phi) is 3.70. The molecule has 4 heteroatoms. The normalized spacial score (nSPS) is 20.2. The molecule has 0 N–H and O–H groups in total. The van der Waals surface area contributed by atoms with E-state index in [0.29, 0.717) is 6.10 Å². The molecule has 1 aliphatic carbocycles. The van der Waals surface area contributed by atoms with Crippen molar-refractivity contribution < 1.29 is 13.3 Å². The van der Waals surface area contributed by atoms with E-state index in [2.05, 4.69) is 0 Å². The average Bonchev–Trinajstić information content (AvgIpc) is 2.57. The summed E-state index contributed by atoms with van der Waals surface area (Å²) >= 11 is 0. The Balaban J connectivity index is 2.35. The maximum absolute atomic E-state index is 5.79. The van der Waals surface area contributed by atoms with Crippen LogP contribution >= 0.6 is 0 Å². The van der Waals surface area contributed by atoms with Gasteiger partial charge in [-0.2, -0.15) is 0 Å². The third-order valence-corrected chi connectivity index (χ3v) is 4.67. The third kappa shape index (κ3) is 2.55. The van der Waals surface area contributed by atoms with E-state index in [9.17, 15) is 0 Å².